The predicted molar refractivity (Wildman–Crippen MR) is 98.0 cm³/mol. The molecule has 1 atom stereocenters. The SMILES string of the molecule is CCOC(=O)C(C(=O)OCC)C(c1ccccc1)c1ccccc1OC. The number of carbonyl (C=O) groups is 2. The van der Waals surface area contributed by atoms with Crippen molar-refractivity contribution >= 4 is 11.9 Å². The van der Waals surface area contributed by atoms with E-state index in [0.717, 1.165) is 11.1 Å². The standard InChI is InChI=1S/C21H24O5/c1-4-25-20(22)19(21(23)26-5-2)18(15-11-7-6-8-12-15)16-13-9-10-14-17(16)24-3/h6-14,18-19H,4-5H2,1-3H3. The van der Waals surface area contributed by atoms with Gasteiger partial charge in [-0.15, -0.1) is 0 Å². The summed E-state index contributed by atoms with van der Waals surface area (Å²) in [7, 11) is 1.56. The van der Waals surface area contributed by atoms with Crippen LogP contribution >= 0.6 is 0 Å². The molecule has 138 valence electrons. The molecule has 0 saturated heterocycles. The van der Waals surface area contributed by atoms with Crippen LogP contribution in [-0.2, 0) is 19.1 Å². The van der Waals surface area contributed by atoms with Gasteiger partial charge in [0.25, 0.3) is 0 Å². The molecule has 0 aliphatic carbocycles. The van der Waals surface area contributed by atoms with E-state index in [9.17, 15) is 9.59 Å². The second-order valence-corrected chi connectivity index (χ2v) is 5.61. The number of methoxy groups -OCH3 is 1. The van der Waals surface area contributed by atoms with E-state index in [1.807, 2.05) is 48.5 Å². The van der Waals surface area contributed by atoms with Gasteiger partial charge in [0.15, 0.2) is 5.92 Å². The monoisotopic (exact) mass is 356 g/mol. The van der Waals surface area contributed by atoms with Gasteiger partial charge in [-0.3, -0.25) is 9.59 Å². The maximum absolute atomic E-state index is 12.7. The van der Waals surface area contributed by atoms with Crippen LogP contribution in [0, 0.1) is 5.92 Å². The van der Waals surface area contributed by atoms with Gasteiger partial charge in [0.1, 0.15) is 5.75 Å². The molecule has 2 aromatic carbocycles. The minimum atomic E-state index is -1.12. The number of benzene rings is 2. The van der Waals surface area contributed by atoms with E-state index in [4.69, 9.17) is 14.2 Å². The number of carbonyl (C=O) groups excluding carboxylic acids is 2. The summed E-state index contributed by atoms with van der Waals surface area (Å²) < 4.78 is 15.8. The Kier molecular flexibility index (Phi) is 7.21. The highest BCUT2D eigenvalue weighted by atomic mass is 16.6. The van der Waals surface area contributed by atoms with E-state index >= 15 is 0 Å². The zero-order valence-electron chi connectivity index (χ0n) is 15.3. The number of hydrogen-bond donors (Lipinski definition) is 0. The Morgan fingerprint density at radius 3 is 1.92 bits per heavy atom. The van der Waals surface area contributed by atoms with Crippen LogP contribution in [-0.4, -0.2) is 32.3 Å². The number of esters is 2. The topological polar surface area (TPSA) is 61.8 Å². The van der Waals surface area contributed by atoms with Crippen LogP contribution in [0.4, 0.5) is 0 Å². The molecule has 1 unspecified atom stereocenters. The molecular weight excluding hydrogens is 332 g/mol. The van der Waals surface area contributed by atoms with E-state index in [2.05, 4.69) is 0 Å². The van der Waals surface area contributed by atoms with Gasteiger partial charge in [-0.05, 0) is 25.5 Å². The van der Waals surface area contributed by atoms with Crippen LogP contribution in [0.15, 0.2) is 54.6 Å². The molecule has 2 rings (SSSR count). The van der Waals surface area contributed by atoms with Crippen LogP contribution in [0.3, 0.4) is 0 Å². The number of para-hydroxylation sites is 1. The number of rotatable bonds is 8. The lowest BCUT2D eigenvalue weighted by molar-refractivity contribution is -0.162. The van der Waals surface area contributed by atoms with Crippen molar-refractivity contribution in [2.45, 2.75) is 19.8 Å². The maximum atomic E-state index is 12.7. The molecule has 0 aliphatic heterocycles. The molecule has 0 amide bonds. The first kappa shape index (κ1) is 19.5. The zero-order chi connectivity index (χ0) is 18.9. The molecule has 5 nitrogen and oxygen atoms in total. The predicted octanol–water partition coefficient (Wildman–Crippen LogP) is 3.57. The molecule has 0 fully saturated rings. The fourth-order valence-corrected chi connectivity index (χ4v) is 2.97. The highest BCUT2D eigenvalue weighted by Crippen LogP contribution is 2.38. The molecule has 0 spiro atoms. The molecule has 26 heavy (non-hydrogen) atoms. The van der Waals surface area contributed by atoms with Gasteiger partial charge in [0.2, 0.25) is 0 Å². The Labute approximate surface area is 153 Å². The summed E-state index contributed by atoms with van der Waals surface area (Å²) in [6, 6.07) is 16.7. The molecule has 0 bridgehead atoms. The van der Waals surface area contributed by atoms with Crippen LogP contribution in [0.5, 0.6) is 5.75 Å². The summed E-state index contributed by atoms with van der Waals surface area (Å²) in [6.45, 7) is 3.78. The normalized spacial score (nSPS) is 11.7. The average molecular weight is 356 g/mol. The molecule has 2 aromatic rings. The largest absolute Gasteiger partial charge is 0.496 e. The molecule has 0 heterocycles. The van der Waals surface area contributed by atoms with Crippen molar-refractivity contribution in [3.63, 3.8) is 0 Å². The van der Waals surface area contributed by atoms with E-state index in [-0.39, 0.29) is 13.2 Å². The van der Waals surface area contributed by atoms with E-state index < -0.39 is 23.8 Å². The first-order valence-corrected chi connectivity index (χ1v) is 8.65. The van der Waals surface area contributed by atoms with E-state index in [1.54, 1.807) is 27.0 Å². The summed E-state index contributed by atoms with van der Waals surface area (Å²) >= 11 is 0. The third-order valence-electron chi connectivity index (χ3n) is 4.05. The first-order chi connectivity index (χ1) is 12.6. The molecular formula is C21H24O5. The average Bonchev–Trinajstić information content (AvgIpc) is 2.67. The van der Waals surface area contributed by atoms with Gasteiger partial charge in [-0.25, -0.2) is 0 Å². The third-order valence-corrected chi connectivity index (χ3v) is 4.05. The van der Waals surface area contributed by atoms with Crippen LogP contribution in [0.2, 0.25) is 0 Å². The molecule has 5 heteroatoms. The highest BCUT2D eigenvalue weighted by molar-refractivity contribution is 5.96. The third kappa shape index (κ3) is 4.42. The smallest absolute Gasteiger partial charge is 0.321 e. The Morgan fingerprint density at radius 1 is 0.846 bits per heavy atom. The maximum Gasteiger partial charge on any atom is 0.321 e. The lowest BCUT2D eigenvalue weighted by atomic mass is 9.80. The van der Waals surface area contributed by atoms with Crippen LogP contribution in [0.25, 0.3) is 0 Å². The lowest BCUT2D eigenvalue weighted by Crippen LogP contribution is -2.34. The summed E-state index contributed by atoms with van der Waals surface area (Å²) in [6.07, 6.45) is 0. The van der Waals surface area contributed by atoms with Crippen molar-refractivity contribution in [1.82, 2.24) is 0 Å². The second kappa shape index (κ2) is 9.61. The Hall–Kier alpha value is -2.82. The lowest BCUT2D eigenvalue weighted by Gasteiger charge is -2.26. The van der Waals surface area contributed by atoms with Gasteiger partial charge in [-0.2, -0.15) is 0 Å². The zero-order valence-corrected chi connectivity index (χ0v) is 15.3. The van der Waals surface area contributed by atoms with E-state index in [0.29, 0.717) is 5.75 Å². The quantitative estimate of drug-likeness (QED) is 0.534. The minimum absolute atomic E-state index is 0.183. The molecule has 0 radical (unpaired) electrons. The van der Waals surface area contributed by atoms with Gasteiger partial charge in [-0.1, -0.05) is 48.5 Å². The second-order valence-electron chi connectivity index (χ2n) is 5.61. The van der Waals surface area contributed by atoms with Crippen molar-refractivity contribution in [1.29, 1.82) is 0 Å². The van der Waals surface area contributed by atoms with Gasteiger partial charge in [0.05, 0.1) is 20.3 Å². The van der Waals surface area contributed by atoms with Crippen molar-refractivity contribution in [2.75, 3.05) is 20.3 Å². The van der Waals surface area contributed by atoms with Crippen molar-refractivity contribution in [3.05, 3.63) is 65.7 Å². The van der Waals surface area contributed by atoms with E-state index in [1.165, 1.54) is 0 Å². The molecule has 0 N–H and O–H groups in total. The van der Waals surface area contributed by atoms with Crippen LogP contribution < -0.4 is 4.74 Å². The Balaban J connectivity index is 2.63. The Morgan fingerprint density at radius 2 is 1.38 bits per heavy atom. The highest BCUT2D eigenvalue weighted by Gasteiger charge is 2.40. The molecule has 0 aliphatic rings. The summed E-state index contributed by atoms with van der Waals surface area (Å²) in [5.41, 5.74) is 1.54. The van der Waals surface area contributed by atoms with Gasteiger partial charge >= 0.3 is 11.9 Å². The summed E-state index contributed by atoms with van der Waals surface area (Å²) in [5.74, 6) is -2.31. The van der Waals surface area contributed by atoms with Crippen molar-refractivity contribution < 1.29 is 23.8 Å². The summed E-state index contributed by atoms with van der Waals surface area (Å²) in [5, 5.41) is 0. The van der Waals surface area contributed by atoms with Crippen LogP contribution in [0.1, 0.15) is 30.9 Å². The first-order valence-electron chi connectivity index (χ1n) is 8.65. The molecule has 0 aromatic heterocycles. The van der Waals surface area contributed by atoms with Gasteiger partial charge < -0.3 is 14.2 Å². The van der Waals surface area contributed by atoms with Crippen molar-refractivity contribution in [3.8, 4) is 5.75 Å². The molecule has 0 saturated carbocycles. The Bertz CT molecular complexity index is 708. The fraction of sp³-hybridized carbons (Fsp3) is 0.333. The number of hydrogen-bond acceptors (Lipinski definition) is 5. The van der Waals surface area contributed by atoms with Crippen molar-refractivity contribution in [2.24, 2.45) is 5.92 Å². The minimum Gasteiger partial charge on any atom is -0.496 e. The summed E-state index contributed by atoms with van der Waals surface area (Å²) in [4.78, 5) is 25.4. The van der Waals surface area contributed by atoms with Gasteiger partial charge in [0, 0.05) is 11.5 Å². The fourth-order valence-electron chi connectivity index (χ4n) is 2.97. The number of ether oxygens (including phenoxy) is 3.